The largest absolute Gasteiger partial charge is 0.371 e. The van der Waals surface area contributed by atoms with Crippen LogP contribution in [0.4, 0.5) is 0 Å². The van der Waals surface area contributed by atoms with Gasteiger partial charge < -0.3 is 5.32 Å². The van der Waals surface area contributed by atoms with Gasteiger partial charge in [0.1, 0.15) is 4.99 Å². The van der Waals surface area contributed by atoms with Crippen LogP contribution in [0.1, 0.15) is 26.3 Å². The molecule has 0 aliphatic heterocycles. The minimum absolute atomic E-state index is 0.00687. The first kappa shape index (κ1) is 10.1. The van der Waals surface area contributed by atoms with E-state index < -0.39 is 0 Å². The van der Waals surface area contributed by atoms with Gasteiger partial charge in [0.25, 0.3) is 0 Å². The molecule has 0 aliphatic rings. The lowest BCUT2D eigenvalue weighted by Gasteiger charge is -2.22. The molecule has 0 radical (unpaired) electrons. The van der Waals surface area contributed by atoms with Gasteiger partial charge in [-0.2, -0.15) is 0 Å². The fourth-order valence-corrected chi connectivity index (χ4v) is 1.34. The van der Waals surface area contributed by atoms with Crippen molar-refractivity contribution in [1.82, 2.24) is 10.3 Å². The van der Waals surface area contributed by atoms with Crippen LogP contribution in [-0.4, -0.2) is 15.5 Å². The fraction of sp³-hybridized carbons (Fsp3) is 0.400. The van der Waals surface area contributed by atoms with E-state index in [0.29, 0.717) is 0 Å². The first-order valence-corrected chi connectivity index (χ1v) is 4.62. The monoisotopic (exact) mass is 194 g/mol. The maximum absolute atomic E-state index is 5.22. The van der Waals surface area contributed by atoms with E-state index in [0.717, 1.165) is 10.6 Å². The van der Waals surface area contributed by atoms with Crippen molar-refractivity contribution in [2.24, 2.45) is 0 Å². The Kier molecular flexibility index (Phi) is 2.98. The second-order valence-electron chi connectivity index (χ2n) is 3.95. The minimum Gasteiger partial charge on any atom is -0.371 e. The Morgan fingerprint density at radius 1 is 1.46 bits per heavy atom. The van der Waals surface area contributed by atoms with Gasteiger partial charge in [-0.15, -0.1) is 0 Å². The van der Waals surface area contributed by atoms with Crippen LogP contribution in [0.5, 0.6) is 0 Å². The summed E-state index contributed by atoms with van der Waals surface area (Å²) in [6, 6.07) is 3.83. The number of nitrogens with one attached hydrogen (secondary N) is 1. The summed E-state index contributed by atoms with van der Waals surface area (Å²) < 4.78 is 0. The highest BCUT2D eigenvalue weighted by Gasteiger charge is 2.11. The highest BCUT2D eigenvalue weighted by Crippen LogP contribution is 2.03. The molecule has 1 heterocycles. The molecule has 0 atom stereocenters. The van der Waals surface area contributed by atoms with E-state index in [9.17, 15) is 0 Å². The molecular weight excluding hydrogens is 180 g/mol. The summed E-state index contributed by atoms with van der Waals surface area (Å²) in [6.45, 7) is 6.24. The van der Waals surface area contributed by atoms with E-state index in [4.69, 9.17) is 12.2 Å². The van der Waals surface area contributed by atoms with Gasteiger partial charge in [-0.25, -0.2) is 0 Å². The van der Waals surface area contributed by atoms with Crippen LogP contribution in [0.3, 0.4) is 0 Å². The van der Waals surface area contributed by atoms with E-state index in [1.54, 1.807) is 12.4 Å². The smallest absolute Gasteiger partial charge is 0.108 e. The Balaban J connectivity index is 2.71. The zero-order valence-electron chi connectivity index (χ0n) is 8.16. The summed E-state index contributed by atoms with van der Waals surface area (Å²) in [5.74, 6) is 0. The van der Waals surface area contributed by atoms with Gasteiger partial charge in [-0.1, -0.05) is 12.2 Å². The molecule has 1 aromatic rings. The highest BCUT2D eigenvalue weighted by molar-refractivity contribution is 7.80. The predicted molar refractivity (Wildman–Crippen MR) is 58.8 cm³/mol. The van der Waals surface area contributed by atoms with Gasteiger partial charge in [0.05, 0.1) is 0 Å². The molecule has 3 heteroatoms. The summed E-state index contributed by atoms with van der Waals surface area (Å²) in [6.07, 6.45) is 3.50. The topological polar surface area (TPSA) is 24.9 Å². The van der Waals surface area contributed by atoms with Crippen molar-refractivity contribution in [1.29, 1.82) is 0 Å². The molecular formula is C10H14N2S. The molecule has 0 aromatic carbocycles. The molecule has 2 nitrogen and oxygen atoms in total. The summed E-state index contributed by atoms with van der Waals surface area (Å²) in [5.41, 5.74) is 0.972. The average molecular weight is 194 g/mol. The molecule has 0 bridgehead atoms. The second-order valence-corrected chi connectivity index (χ2v) is 4.35. The van der Waals surface area contributed by atoms with Crippen molar-refractivity contribution in [3.05, 3.63) is 30.1 Å². The van der Waals surface area contributed by atoms with Crippen LogP contribution in [0.2, 0.25) is 0 Å². The van der Waals surface area contributed by atoms with Gasteiger partial charge in [0.2, 0.25) is 0 Å². The SMILES string of the molecule is CC(C)(C)NC(=S)c1cccnc1. The van der Waals surface area contributed by atoms with Gasteiger partial charge in [-0.3, -0.25) is 4.98 Å². The Morgan fingerprint density at radius 3 is 2.62 bits per heavy atom. The van der Waals surface area contributed by atoms with Gasteiger partial charge in [0.15, 0.2) is 0 Å². The molecule has 0 amide bonds. The Bertz CT molecular complexity index is 288. The predicted octanol–water partition coefficient (Wildman–Crippen LogP) is 2.15. The third-order valence-electron chi connectivity index (χ3n) is 1.41. The number of nitrogens with zero attached hydrogens (tertiary/aromatic N) is 1. The summed E-state index contributed by atoms with van der Waals surface area (Å²) in [7, 11) is 0. The third kappa shape index (κ3) is 3.51. The van der Waals surface area contributed by atoms with Crippen molar-refractivity contribution in [2.45, 2.75) is 26.3 Å². The van der Waals surface area contributed by atoms with Gasteiger partial charge in [0, 0.05) is 23.5 Å². The van der Waals surface area contributed by atoms with Crippen molar-refractivity contribution in [3.63, 3.8) is 0 Å². The van der Waals surface area contributed by atoms with E-state index in [1.807, 2.05) is 12.1 Å². The standard InChI is InChI=1S/C10H14N2S/c1-10(2,3)12-9(13)8-5-4-6-11-7-8/h4-7H,1-3H3,(H,12,13). The molecule has 0 unspecified atom stereocenters. The highest BCUT2D eigenvalue weighted by atomic mass is 32.1. The van der Waals surface area contributed by atoms with E-state index >= 15 is 0 Å². The van der Waals surface area contributed by atoms with Crippen molar-refractivity contribution >= 4 is 17.2 Å². The molecule has 0 aliphatic carbocycles. The maximum Gasteiger partial charge on any atom is 0.108 e. The van der Waals surface area contributed by atoms with E-state index in [1.165, 1.54) is 0 Å². The van der Waals surface area contributed by atoms with Crippen LogP contribution in [0.15, 0.2) is 24.5 Å². The fourth-order valence-electron chi connectivity index (χ4n) is 0.910. The molecule has 13 heavy (non-hydrogen) atoms. The van der Waals surface area contributed by atoms with Gasteiger partial charge >= 0.3 is 0 Å². The summed E-state index contributed by atoms with van der Waals surface area (Å²) in [5, 5.41) is 3.23. The lowest BCUT2D eigenvalue weighted by molar-refractivity contribution is 0.515. The number of hydrogen-bond donors (Lipinski definition) is 1. The first-order valence-electron chi connectivity index (χ1n) is 4.21. The molecule has 0 saturated heterocycles. The van der Waals surface area contributed by atoms with E-state index in [2.05, 4.69) is 31.1 Å². The van der Waals surface area contributed by atoms with Crippen molar-refractivity contribution in [2.75, 3.05) is 0 Å². The Labute approximate surface area is 84.4 Å². The number of thiocarbonyl (C=S) groups is 1. The quantitative estimate of drug-likeness (QED) is 0.693. The van der Waals surface area contributed by atoms with Crippen molar-refractivity contribution < 1.29 is 0 Å². The molecule has 1 aromatic heterocycles. The molecule has 0 saturated carbocycles. The van der Waals surface area contributed by atoms with Crippen LogP contribution in [0.25, 0.3) is 0 Å². The molecule has 70 valence electrons. The number of rotatable bonds is 1. The lowest BCUT2D eigenvalue weighted by Crippen LogP contribution is -2.40. The van der Waals surface area contributed by atoms with Crippen LogP contribution >= 0.6 is 12.2 Å². The minimum atomic E-state index is 0.00687. The van der Waals surface area contributed by atoms with Crippen LogP contribution < -0.4 is 5.32 Å². The Hall–Kier alpha value is -0.960. The molecule has 0 spiro atoms. The third-order valence-corrected chi connectivity index (χ3v) is 1.75. The lowest BCUT2D eigenvalue weighted by atomic mass is 10.1. The number of aromatic nitrogens is 1. The Morgan fingerprint density at radius 2 is 2.15 bits per heavy atom. The number of pyridine rings is 1. The molecule has 1 rings (SSSR count). The summed E-state index contributed by atoms with van der Waals surface area (Å²) >= 11 is 5.22. The number of hydrogen-bond acceptors (Lipinski definition) is 2. The molecule has 1 N–H and O–H groups in total. The zero-order chi connectivity index (χ0) is 9.90. The normalized spacial score (nSPS) is 11.0. The maximum atomic E-state index is 5.22. The molecule has 0 fully saturated rings. The van der Waals surface area contributed by atoms with Crippen LogP contribution in [-0.2, 0) is 0 Å². The van der Waals surface area contributed by atoms with Crippen molar-refractivity contribution in [3.8, 4) is 0 Å². The van der Waals surface area contributed by atoms with E-state index in [-0.39, 0.29) is 5.54 Å². The average Bonchev–Trinajstić information content (AvgIpc) is 2.03. The first-order chi connectivity index (χ1) is 5.99. The second kappa shape index (κ2) is 3.83. The van der Waals surface area contributed by atoms with Crippen LogP contribution in [0, 0.1) is 0 Å². The summed E-state index contributed by atoms with van der Waals surface area (Å²) in [4.78, 5) is 4.76. The zero-order valence-corrected chi connectivity index (χ0v) is 8.98. The van der Waals surface area contributed by atoms with Gasteiger partial charge in [-0.05, 0) is 32.9 Å².